The van der Waals surface area contributed by atoms with E-state index in [4.69, 9.17) is 0 Å². The van der Waals surface area contributed by atoms with Crippen molar-refractivity contribution in [2.75, 3.05) is 6.26 Å². The Balaban J connectivity index is 2.19. The van der Waals surface area contributed by atoms with Crippen LogP contribution >= 0.6 is 11.8 Å². The molecule has 0 aliphatic rings. The Morgan fingerprint density at radius 1 is 1.22 bits per heavy atom. The summed E-state index contributed by atoms with van der Waals surface area (Å²) in [5, 5.41) is 16.0. The average molecular weight is 389 g/mol. The molecule has 0 saturated heterocycles. The summed E-state index contributed by atoms with van der Waals surface area (Å²) in [4.78, 5) is 36.8. The highest BCUT2D eigenvalue weighted by Gasteiger charge is 2.25. The number of hydrogen-bond acceptors (Lipinski definition) is 5. The van der Waals surface area contributed by atoms with Crippen molar-refractivity contribution in [2.24, 2.45) is 5.92 Å². The Hall–Kier alpha value is -2.61. The lowest BCUT2D eigenvalue weighted by Crippen LogP contribution is -2.47. The van der Waals surface area contributed by atoms with Crippen LogP contribution in [0.15, 0.2) is 46.1 Å². The number of carbonyl (C=O) groups excluding carboxylic acids is 1. The van der Waals surface area contributed by atoms with Crippen LogP contribution in [0.1, 0.15) is 20.3 Å². The SMILES string of the molecule is CC[C@H](C)[C@H](NC(=O)Cn1nc(-c2ccc(SC)cc2)ccc1=O)C(=O)O. The summed E-state index contributed by atoms with van der Waals surface area (Å²) in [5.74, 6) is -1.88. The zero-order chi connectivity index (χ0) is 20.0. The summed E-state index contributed by atoms with van der Waals surface area (Å²) < 4.78 is 1.04. The molecule has 0 bridgehead atoms. The Morgan fingerprint density at radius 2 is 1.89 bits per heavy atom. The molecule has 144 valence electrons. The normalized spacial score (nSPS) is 13.0. The van der Waals surface area contributed by atoms with Crippen LogP contribution < -0.4 is 10.9 Å². The van der Waals surface area contributed by atoms with Gasteiger partial charge >= 0.3 is 5.97 Å². The number of thioether (sulfide) groups is 1. The molecule has 0 spiro atoms. The Bertz CT molecular complexity index is 864. The molecule has 0 unspecified atom stereocenters. The number of carboxylic acids is 1. The van der Waals surface area contributed by atoms with E-state index in [1.807, 2.05) is 37.4 Å². The lowest BCUT2D eigenvalue weighted by molar-refractivity contribution is -0.143. The van der Waals surface area contributed by atoms with Gasteiger partial charge in [-0.05, 0) is 30.4 Å². The molecule has 2 aromatic rings. The van der Waals surface area contributed by atoms with Gasteiger partial charge < -0.3 is 10.4 Å². The van der Waals surface area contributed by atoms with E-state index in [9.17, 15) is 19.5 Å². The Labute approximate surface area is 161 Å². The summed E-state index contributed by atoms with van der Waals surface area (Å²) in [6, 6.07) is 9.64. The second-order valence-electron chi connectivity index (χ2n) is 6.21. The summed E-state index contributed by atoms with van der Waals surface area (Å²) in [6.45, 7) is 3.27. The highest BCUT2D eigenvalue weighted by Crippen LogP contribution is 2.20. The van der Waals surface area contributed by atoms with Crippen LogP contribution in [0.2, 0.25) is 0 Å². The molecule has 1 aromatic carbocycles. The topological polar surface area (TPSA) is 101 Å². The number of aromatic nitrogens is 2. The van der Waals surface area contributed by atoms with E-state index in [0.717, 1.165) is 15.1 Å². The predicted octanol–water partition coefficient (Wildman–Crippen LogP) is 2.25. The largest absolute Gasteiger partial charge is 0.480 e. The predicted molar refractivity (Wildman–Crippen MR) is 105 cm³/mol. The number of nitrogens with zero attached hydrogens (tertiary/aromatic N) is 2. The van der Waals surface area contributed by atoms with Crippen molar-refractivity contribution in [1.29, 1.82) is 0 Å². The molecular formula is C19H23N3O4S. The molecule has 2 rings (SSSR count). The number of carboxylic acid groups (broad SMARTS) is 1. The molecule has 8 heteroatoms. The van der Waals surface area contributed by atoms with Crippen molar-refractivity contribution in [1.82, 2.24) is 15.1 Å². The van der Waals surface area contributed by atoms with E-state index >= 15 is 0 Å². The molecule has 1 aromatic heterocycles. The fourth-order valence-electron chi connectivity index (χ4n) is 2.52. The third kappa shape index (κ3) is 5.43. The van der Waals surface area contributed by atoms with Crippen molar-refractivity contribution < 1.29 is 14.7 Å². The van der Waals surface area contributed by atoms with Crippen LogP contribution in [0.4, 0.5) is 0 Å². The van der Waals surface area contributed by atoms with Gasteiger partial charge in [-0.15, -0.1) is 11.8 Å². The zero-order valence-electron chi connectivity index (χ0n) is 15.5. The van der Waals surface area contributed by atoms with Crippen LogP contribution in [0, 0.1) is 5.92 Å². The lowest BCUT2D eigenvalue weighted by atomic mass is 9.99. The molecule has 0 aliphatic carbocycles. The lowest BCUT2D eigenvalue weighted by Gasteiger charge is -2.20. The van der Waals surface area contributed by atoms with Crippen LogP contribution in [0.25, 0.3) is 11.3 Å². The Morgan fingerprint density at radius 3 is 2.44 bits per heavy atom. The molecule has 2 N–H and O–H groups in total. The second kappa shape index (κ2) is 9.36. The number of hydrogen-bond donors (Lipinski definition) is 2. The monoisotopic (exact) mass is 389 g/mol. The average Bonchev–Trinajstić information content (AvgIpc) is 2.67. The summed E-state index contributed by atoms with van der Waals surface area (Å²) in [7, 11) is 0. The minimum Gasteiger partial charge on any atom is -0.480 e. The molecule has 1 heterocycles. The summed E-state index contributed by atoms with van der Waals surface area (Å²) in [5.41, 5.74) is 0.960. The van der Waals surface area contributed by atoms with E-state index in [1.54, 1.807) is 24.8 Å². The number of amides is 1. The standard InChI is InChI=1S/C19H23N3O4S/c1-4-12(2)18(19(25)26)20-16(23)11-22-17(24)10-9-15(21-22)13-5-7-14(27-3)8-6-13/h5-10,12,18H,4,11H2,1-3H3,(H,20,23)(H,25,26)/t12-,18-/m0/s1. The van der Waals surface area contributed by atoms with Gasteiger partial charge in [0.05, 0.1) is 5.69 Å². The third-order valence-corrected chi connectivity index (χ3v) is 5.08. The number of nitrogens with one attached hydrogen (secondary N) is 1. The molecule has 0 saturated carbocycles. The van der Waals surface area contributed by atoms with Crippen LogP contribution in [0.3, 0.4) is 0 Å². The van der Waals surface area contributed by atoms with Gasteiger partial charge in [0.15, 0.2) is 0 Å². The minimum absolute atomic E-state index is 0.225. The molecule has 0 fully saturated rings. The van der Waals surface area contributed by atoms with Gasteiger partial charge in [-0.25, -0.2) is 9.48 Å². The highest BCUT2D eigenvalue weighted by molar-refractivity contribution is 7.98. The second-order valence-corrected chi connectivity index (χ2v) is 7.09. The van der Waals surface area contributed by atoms with Gasteiger partial charge in [-0.2, -0.15) is 5.10 Å². The zero-order valence-corrected chi connectivity index (χ0v) is 16.3. The van der Waals surface area contributed by atoms with Gasteiger partial charge in [0.2, 0.25) is 5.91 Å². The number of rotatable bonds is 8. The van der Waals surface area contributed by atoms with Crippen LogP contribution in [0.5, 0.6) is 0 Å². The quantitative estimate of drug-likeness (QED) is 0.672. The highest BCUT2D eigenvalue weighted by atomic mass is 32.2. The van der Waals surface area contributed by atoms with E-state index in [-0.39, 0.29) is 12.5 Å². The van der Waals surface area contributed by atoms with E-state index in [0.29, 0.717) is 12.1 Å². The van der Waals surface area contributed by atoms with E-state index in [1.165, 1.54) is 6.07 Å². The van der Waals surface area contributed by atoms with Gasteiger partial charge in [-0.1, -0.05) is 32.4 Å². The fourth-order valence-corrected chi connectivity index (χ4v) is 2.92. The first-order valence-corrected chi connectivity index (χ1v) is 9.83. The van der Waals surface area contributed by atoms with Crippen molar-refractivity contribution in [3.63, 3.8) is 0 Å². The smallest absolute Gasteiger partial charge is 0.326 e. The number of benzene rings is 1. The Kier molecular flexibility index (Phi) is 7.18. The maximum atomic E-state index is 12.3. The first-order valence-electron chi connectivity index (χ1n) is 8.60. The fraction of sp³-hybridized carbons (Fsp3) is 0.368. The molecule has 1 amide bonds. The summed E-state index contributed by atoms with van der Waals surface area (Å²) in [6.07, 6.45) is 2.59. The summed E-state index contributed by atoms with van der Waals surface area (Å²) >= 11 is 1.62. The van der Waals surface area contributed by atoms with Crippen LogP contribution in [-0.4, -0.2) is 39.1 Å². The molecule has 0 radical (unpaired) electrons. The number of carbonyl (C=O) groups is 2. The molecule has 7 nitrogen and oxygen atoms in total. The first-order chi connectivity index (χ1) is 12.8. The van der Waals surface area contributed by atoms with E-state index in [2.05, 4.69) is 10.4 Å². The van der Waals surface area contributed by atoms with Crippen molar-refractivity contribution in [2.45, 2.75) is 37.8 Å². The maximum absolute atomic E-state index is 12.3. The molecular weight excluding hydrogens is 366 g/mol. The van der Waals surface area contributed by atoms with Gasteiger partial charge in [0, 0.05) is 16.5 Å². The van der Waals surface area contributed by atoms with Gasteiger partial charge in [-0.3, -0.25) is 9.59 Å². The molecule has 27 heavy (non-hydrogen) atoms. The maximum Gasteiger partial charge on any atom is 0.326 e. The third-order valence-electron chi connectivity index (χ3n) is 4.34. The van der Waals surface area contributed by atoms with Gasteiger partial charge in [0.1, 0.15) is 12.6 Å². The van der Waals surface area contributed by atoms with Gasteiger partial charge in [0.25, 0.3) is 5.56 Å². The van der Waals surface area contributed by atoms with Crippen molar-refractivity contribution >= 4 is 23.6 Å². The molecule has 2 atom stereocenters. The first kappa shape index (κ1) is 20.7. The van der Waals surface area contributed by atoms with Crippen molar-refractivity contribution in [3.05, 3.63) is 46.8 Å². The van der Waals surface area contributed by atoms with Crippen molar-refractivity contribution in [3.8, 4) is 11.3 Å². The van der Waals surface area contributed by atoms with E-state index < -0.39 is 23.5 Å². The molecule has 0 aliphatic heterocycles. The van der Waals surface area contributed by atoms with Crippen LogP contribution in [-0.2, 0) is 16.1 Å². The minimum atomic E-state index is -1.10. The number of aliphatic carboxylic acids is 1.